The molecule has 30 heavy (non-hydrogen) atoms. The molecule has 0 atom stereocenters. The van der Waals surface area contributed by atoms with Crippen LogP contribution in [0.3, 0.4) is 0 Å². The normalized spacial score (nSPS) is 10.9. The number of thiazole rings is 1. The maximum atomic E-state index is 13.1. The van der Waals surface area contributed by atoms with Gasteiger partial charge in [-0.25, -0.2) is 14.2 Å². The van der Waals surface area contributed by atoms with Crippen LogP contribution in [0.4, 0.5) is 10.1 Å². The molecule has 9 heteroatoms. The second kappa shape index (κ2) is 8.42. The molecule has 4 rings (SSSR count). The topological polar surface area (TPSA) is 90.0 Å². The maximum absolute atomic E-state index is 13.1. The van der Waals surface area contributed by atoms with E-state index in [9.17, 15) is 14.0 Å². The highest BCUT2D eigenvalue weighted by Crippen LogP contribution is 2.18. The van der Waals surface area contributed by atoms with E-state index in [4.69, 9.17) is 4.42 Å². The summed E-state index contributed by atoms with van der Waals surface area (Å²) in [5.41, 5.74) is 2.84. The zero-order valence-corrected chi connectivity index (χ0v) is 16.8. The van der Waals surface area contributed by atoms with E-state index in [-0.39, 0.29) is 30.6 Å². The quantitative estimate of drug-likeness (QED) is 0.510. The lowest BCUT2D eigenvalue weighted by molar-refractivity contribution is -0.115. The van der Waals surface area contributed by atoms with Gasteiger partial charge in [-0.05, 0) is 42.8 Å². The molecular weight excluding hydrogens is 407 g/mol. The zero-order chi connectivity index (χ0) is 21.1. The Balaban J connectivity index is 1.42. The van der Waals surface area contributed by atoms with E-state index in [0.717, 1.165) is 15.9 Å². The predicted molar refractivity (Wildman–Crippen MR) is 111 cm³/mol. The number of hydrogen-bond acceptors (Lipinski definition) is 6. The van der Waals surface area contributed by atoms with Crippen LogP contribution in [-0.2, 0) is 17.8 Å². The molecule has 2 heterocycles. The minimum absolute atomic E-state index is 0.105. The Morgan fingerprint density at radius 2 is 1.97 bits per heavy atom. The first kappa shape index (κ1) is 19.7. The maximum Gasteiger partial charge on any atom is 0.437 e. The molecule has 0 unspecified atom stereocenters. The summed E-state index contributed by atoms with van der Waals surface area (Å²) in [5.74, 6) is -1.08. The first-order valence-electron chi connectivity index (χ1n) is 9.10. The van der Waals surface area contributed by atoms with Crippen molar-refractivity contribution >= 4 is 22.9 Å². The molecule has 1 amide bonds. The molecular formula is C21H17FN4O3S. The van der Waals surface area contributed by atoms with Gasteiger partial charge in [0.25, 0.3) is 0 Å². The number of aryl methyl sites for hydroxylation is 1. The number of carbonyl (C=O) groups excluding carboxylic acids is 1. The van der Waals surface area contributed by atoms with Gasteiger partial charge in [0.05, 0.1) is 18.7 Å². The summed E-state index contributed by atoms with van der Waals surface area (Å²) in [4.78, 5) is 28.8. The molecule has 0 aliphatic carbocycles. The number of anilines is 1. The van der Waals surface area contributed by atoms with Gasteiger partial charge in [-0.15, -0.1) is 16.4 Å². The van der Waals surface area contributed by atoms with Gasteiger partial charge >= 0.3 is 5.76 Å². The molecule has 0 saturated heterocycles. The largest absolute Gasteiger partial charge is 0.437 e. The lowest BCUT2D eigenvalue weighted by Gasteiger charge is -2.06. The molecule has 0 bridgehead atoms. The Kier molecular flexibility index (Phi) is 5.53. The number of aromatic nitrogens is 3. The number of halogens is 1. The number of nitrogens with one attached hydrogen (secondary N) is 1. The standard InChI is InChI=1S/C21H17FN4O3S/c1-13-4-2-3-5-17(13)24-18(27)10-19-23-16(12-30-19)11-26-21(28)29-20(25-26)14-6-8-15(22)9-7-14/h2-9,12H,10-11H2,1H3,(H,24,27). The number of rotatable bonds is 6. The third kappa shape index (κ3) is 4.52. The summed E-state index contributed by atoms with van der Waals surface area (Å²) in [5, 5.41) is 9.42. The summed E-state index contributed by atoms with van der Waals surface area (Å²) in [7, 11) is 0. The number of benzene rings is 2. The third-order valence-corrected chi connectivity index (χ3v) is 5.24. The fourth-order valence-corrected chi connectivity index (χ4v) is 3.60. The van der Waals surface area contributed by atoms with Crippen molar-refractivity contribution in [1.29, 1.82) is 0 Å². The van der Waals surface area contributed by atoms with E-state index in [1.165, 1.54) is 35.6 Å². The number of nitrogens with zero attached hydrogens (tertiary/aromatic N) is 3. The SMILES string of the molecule is Cc1ccccc1NC(=O)Cc1nc(Cn2nc(-c3ccc(F)cc3)oc2=O)cs1. The molecule has 2 aromatic carbocycles. The van der Waals surface area contributed by atoms with Gasteiger partial charge in [0, 0.05) is 16.6 Å². The van der Waals surface area contributed by atoms with Gasteiger partial charge in [0.15, 0.2) is 0 Å². The summed E-state index contributed by atoms with van der Waals surface area (Å²) in [6, 6.07) is 13.0. The van der Waals surface area contributed by atoms with Gasteiger partial charge in [0.1, 0.15) is 10.8 Å². The second-order valence-corrected chi connectivity index (χ2v) is 7.55. The lowest BCUT2D eigenvalue weighted by atomic mass is 10.2. The molecule has 7 nitrogen and oxygen atoms in total. The molecule has 4 aromatic rings. The van der Waals surface area contributed by atoms with Crippen molar-refractivity contribution in [3.8, 4) is 11.5 Å². The van der Waals surface area contributed by atoms with Crippen molar-refractivity contribution in [3.63, 3.8) is 0 Å². The van der Waals surface area contributed by atoms with Crippen molar-refractivity contribution in [2.24, 2.45) is 0 Å². The van der Waals surface area contributed by atoms with Crippen LogP contribution in [0.15, 0.2) is 63.1 Å². The van der Waals surface area contributed by atoms with Gasteiger partial charge in [-0.2, -0.15) is 4.68 Å². The zero-order valence-electron chi connectivity index (χ0n) is 16.0. The fourth-order valence-electron chi connectivity index (χ4n) is 2.82. The molecule has 1 N–H and O–H groups in total. The Morgan fingerprint density at radius 1 is 1.20 bits per heavy atom. The van der Waals surface area contributed by atoms with Crippen molar-refractivity contribution in [2.75, 3.05) is 5.32 Å². The van der Waals surface area contributed by atoms with Crippen molar-refractivity contribution in [1.82, 2.24) is 14.8 Å². The molecule has 0 saturated carbocycles. The smallest absolute Gasteiger partial charge is 0.388 e. The minimum Gasteiger partial charge on any atom is -0.388 e. The van der Waals surface area contributed by atoms with Crippen LogP contribution < -0.4 is 11.1 Å². The highest BCUT2D eigenvalue weighted by Gasteiger charge is 2.14. The number of amides is 1. The van der Waals surface area contributed by atoms with Crippen LogP contribution in [0.1, 0.15) is 16.3 Å². The van der Waals surface area contributed by atoms with Crippen molar-refractivity contribution in [2.45, 2.75) is 19.9 Å². The first-order valence-corrected chi connectivity index (χ1v) is 9.98. The van der Waals surface area contributed by atoms with E-state index in [0.29, 0.717) is 16.3 Å². The van der Waals surface area contributed by atoms with E-state index in [2.05, 4.69) is 15.4 Å². The predicted octanol–water partition coefficient (Wildman–Crippen LogP) is 3.64. The van der Waals surface area contributed by atoms with Crippen LogP contribution in [0.5, 0.6) is 0 Å². The molecule has 0 radical (unpaired) electrons. The summed E-state index contributed by atoms with van der Waals surface area (Å²) in [6.45, 7) is 2.03. The van der Waals surface area contributed by atoms with E-state index < -0.39 is 5.76 Å². The Hall–Kier alpha value is -3.59. The van der Waals surface area contributed by atoms with E-state index in [1.807, 2.05) is 31.2 Å². The lowest BCUT2D eigenvalue weighted by Crippen LogP contribution is -2.17. The van der Waals surface area contributed by atoms with Crippen LogP contribution in [-0.4, -0.2) is 20.7 Å². The first-order chi connectivity index (χ1) is 14.5. The second-order valence-electron chi connectivity index (χ2n) is 6.61. The Bertz CT molecular complexity index is 1240. The van der Waals surface area contributed by atoms with Crippen molar-refractivity contribution in [3.05, 3.63) is 86.5 Å². The molecule has 152 valence electrons. The number of hydrogen-bond donors (Lipinski definition) is 1. The monoisotopic (exact) mass is 424 g/mol. The Morgan fingerprint density at radius 3 is 2.73 bits per heavy atom. The van der Waals surface area contributed by atoms with E-state index >= 15 is 0 Å². The fraction of sp³-hybridized carbons (Fsp3) is 0.143. The summed E-state index contributed by atoms with van der Waals surface area (Å²) in [6.07, 6.45) is 0.132. The van der Waals surface area contributed by atoms with Crippen LogP contribution in [0.2, 0.25) is 0 Å². The Labute approximate surface area is 174 Å². The van der Waals surface area contributed by atoms with E-state index in [1.54, 1.807) is 5.38 Å². The molecule has 0 aliphatic rings. The third-order valence-electron chi connectivity index (χ3n) is 4.34. The summed E-state index contributed by atoms with van der Waals surface area (Å²) < 4.78 is 19.3. The molecule has 0 aliphatic heterocycles. The summed E-state index contributed by atoms with van der Waals surface area (Å²) >= 11 is 1.34. The average Bonchev–Trinajstić information content (AvgIpc) is 3.31. The number of carbonyl (C=O) groups is 1. The van der Waals surface area contributed by atoms with Crippen LogP contribution in [0.25, 0.3) is 11.5 Å². The minimum atomic E-state index is -0.638. The van der Waals surface area contributed by atoms with Gasteiger partial charge < -0.3 is 9.73 Å². The molecule has 2 aromatic heterocycles. The molecule has 0 fully saturated rings. The highest BCUT2D eigenvalue weighted by molar-refractivity contribution is 7.09. The van der Waals surface area contributed by atoms with Gasteiger partial charge in [-0.1, -0.05) is 18.2 Å². The van der Waals surface area contributed by atoms with Crippen LogP contribution >= 0.6 is 11.3 Å². The van der Waals surface area contributed by atoms with Gasteiger partial charge in [0.2, 0.25) is 11.8 Å². The van der Waals surface area contributed by atoms with Gasteiger partial charge in [-0.3, -0.25) is 4.79 Å². The number of para-hydroxylation sites is 1. The average molecular weight is 424 g/mol. The molecule has 0 spiro atoms. The van der Waals surface area contributed by atoms with Crippen LogP contribution in [0, 0.1) is 12.7 Å². The van der Waals surface area contributed by atoms with Crippen molar-refractivity contribution < 1.29 is 13.6 Å². The highest BCUT2D eigenvalue weighted by atomic mass is 32.1.